The largest absolute Gasteiger partial charge is 0.382 e. The van der Waals surface area contributed by atoms with Crippen LogP contribution < -0.4 is 5.73 Å². The Kier molecular flexibility index (Phi) is 2.46. The van der Waals surface area contributed by atoms with E-state index in [-0.39, 0.29) is 17.0 Å². The molecule has 1 saturated carbocycles. The fourth-order valence-electron chi connectivity index (χ4n) is 2.11. The number of hydrogen-bond donors (Lipinski definition) is 1. The summed E-state index contributed by atoms with van der Waals surface area (Å²) in [7, 11) is -3.28. The zero-order valence-corrected chi connectivity index (χ0v) is 9.50. The third-order valence-corrected chi connectivity index (χ3v) is 3.73. The van der Waals surface area contributed by atoms with E-state index < -0.39 is 9.84 Å². The van der Waals surface area contributed by atoms with Gasteiger partial charge >= 0.3 is 0 Å². The number of nitrogens with zero attached hydrogens (tertiary/aromatic N) is 2. The lowest BCUT2D eigenvalue weighted by Gasteiger charge is -2.12. The standard InChI is InChI=1S/C9H15N3O2S/c1-15(13,14)9-11-8(10)6-12(9)7-4-2-3-5-7/h6-7H,2-5,10H2,1H3. The highest BCUT2D eigenvalue weighted by Gasteiger charge is 2.24. The fourth-order valence-corrected chi connectivity index (χ4v) is 2.97. The molecule has 0 aromatic carbocycles. The summed E-state index contributed by atoms with van der Waals surface area (Å²) in [6.07, 6.45) is 7.11. The minimum Gasteiger partial charge on any atom is -0.382 e. The summed E-state index contributed by atoms with van der Waals surface area (Å²) in [6.45, 7) is 0. The van der Waals surface area contributed by atoms with Gasteiger partial charge in [0.2, 0.25) is 15.0 Å². The third-order valence-electron chi connectivity index (χ3n) is 2.77. The SMILES string of the molecule is CS(=O)(=O)c1nc(N)cn1C1CCCC1. The topological polar surface area (TPSA) is 78.0 Å². The molecule has 0 radical (unpaired) electrons. The van der Waals surface area contributed by atoms with Crippen molar-refractivity contribution in [3.05, 3.63) is 6.20 Å². The molecule has 0 spiro atoms. The smallest absolute Gasteiger partial charge is 0.229 e. The van der Waals surface area contributed by atoms with Crippen LogP contribution in [-0.2, 0) is 9.84 Å². The zero-order chi connectivity index (χ0) is 11.1. The minimum atomic E-state index is -3.28. The Balaban J connectivity index is 2.46. The molecule has 1 aromatic rings. The Bertz CT molecular complexity index is 458. The maximum atomic E-state index is 11.5. The molecule has 0 atom stereocenters. The molecule has 1 heterocycles. The third kappa shape index (κ3) is 1.99. The number of anilines is 1. The van der Waals surface area contributed by atoms with Crippen LogP contribution in [0.4, 0.5) is 5.82 Å². The molecule has 84 valence electrons. The van der Waals surface area contributed by atoms with Gasteiger partial charge in [0.05, 0.1) is 0 Å². The van der Waals surface area contributed by atoms with Crippen molar-refractivity contribution in [1.29, 1.82) is 0 Å². The maximum absolute atomic E-state index is 11.5. The predicted molar refractivity (Wildman–Crippen MR) is 57.3 cm³/mol. The summed E-state index contributed by atoms with van der Waals surface area (Å²) in [5, 5.41) is 0.104. The molecule has 0 aliphatic heterocycles. The Morgan fingerprint density at radius 1 is 1.47 bits per heavy atom. The van der Waals surface area contributed by atoms with E-state index in [1.165, 1.54) is 6.26 Å². The normalized spacial score (nSPS) is 18.5. The van der Waals surface area contributed by atoms with E-state index in [0.717, 1.165) is 25.7 Å². The predicted octanol–water partition coefficient (Wildman–Crippen LogP) is 0.984. The fraction of sp³-hybridized carbons (Fsp3) is 0.667. The summed E-state index contributed by atoms with van der Waals surface area (Å²) in [4.78, 5) is 3.88. The number of nitrogens with two attached hydrogens (primary N) is 1. The van der Waals surface area contributed by atoms with Crippen molar-refractivity contribution in [2.24, 2.45) is 0 Å². The number of rotatable bonds is 2. The molecule has 1 aromatic heterocycles. The van der Waals surface area contributed by atoms with Gasteiger partial charge in [0.15, 0.2) is 0 Å². The number of hydrogen-bond acceptors (Lipinski definition) is 4. The van der Waals surface area contributed by atoms with Crippen molar-refractivity contribution in [1.82, 2.24) is 9.55 Å². The Hall–Kier alpha value is -1.04. The lowest BCUT2D eigenvalue weighted by atomic mass is 10.2. The van der Waals surface area contributed by atoms with Crippen molar-refractivity contribution in [2.75, 3.05) is 12.0 Å². The molecule has 0 unspecified atom stereocenters. The number of aromatic nitrogens is 2. The van der Waals surface area contributed by atoms with E-state index in [9.17, 15) is 8.42 Å². The van der Waals surface area contributed by atoms with Crippen LogP contribution in [0.15, 0.2) is 11.4 Å². The van der Waals surface area contributed by atoms with Gasteiger partial charge in [0.1, 0.15) is 5.82 Å². The van der Waals surface area contributed by atoms with E-state index >= 15 is 0 Å². The lowest BCUT2D eigenvalue weighted by Crippen LogP contribution is -2.12. The Morgan fingerprint density at radius 2 is 2.07 bits per heavy atom. The summed E-state index contributed by atoms with van der Waals surface area (Å²) >= 11 is 0. The maximum Gasteiger partial charge on any atom is 0.229 e. The molecular weight excluding hydrogens is 214 g/mol. The first-order valence-corrected chi connectivity index (χ1v) is 6.92. The van der Waals surface area contributed by atoms with Crippen molar-refractivity contribution in [3.8, 4) is 0 Å². The van der Waals surface area contributed by atoms with Gasteiger partial charge in [-0.25, -0.2) is 13.4 Å². The van der Waals surface area contributed by atoms with E-state index in [2.05, 4.69) is 4.98 Å². The molecule has 1 aliphatic rings. The van der Waals surface area contributed by atoms with Gasteiger partial charge in [0.25, 0.3) is 0 Å². The van der Waals surface area contributed by atoms with Crippen LogP contribution in [0.5, 0.6) is 0 Å². The molecule has 0 bridgehead atoms. The first-order valence-electron chi connectivity index (χ1n) is 5.03. The van der Waals surface area contributed by atoms with Crippen molar-refractivity contribution >= 4 is 15.7 Å². The summed E-state index contributed by atoms with van der Waals surface area (Å²) in [5.41, 5.74) is 5.55. The summed E-state index contributed by atoms with van der Waals surface area (Å²) in [5.74, 6) is 0.280. The van der Waals surface area contributed by atoms with Crippen LogP contribution in [0.2, 0.25) is 0 Å². The quantitative estimate of drug-likeness (QED) is 0.820. The van der Waals surface area contributed by atoms with Crippen LogP contribution in [0.1, 0.15) is 31.7 Å². The molecule has 0 amide bonds. The summed E-state index contributed by atoms with van der Waals surface area (Å²) in [6, 6.07) is 0.250. The second-order valence-corrected chi connectivity index (χ2v) is 5.98. The van der Waals surface area contributed by atoms with Gasteiger partial charge in [-0.1, -0.05) is 12.8 Å². The molecule has 5 nitrogen and oxygen atoms in total. The molecule has 2 rings (SSSR count). The van der Waals surface area contributed by atoms with Gasteiger partial charge in [-0.3, -0.25) is 0 Å². The molecule has 1 fully saturated rings. The molecule has 0 saturated heterocycles. The van der Waals surface area contributed by atoms with Gasteiger partial charge in [0, 0.05) is 18.5 Å². The van der Waals surface area contributed by atoms with Crippen molar-refractivity contribution in [2.45, 2.75) is 36.9 Å². The average Bonchev–Trinajstić information content (AvgIpc) is 2.68. The lowest BCUT2D eigenvalue weighted by molar-refractivity contribution is 0.469. The van der Waals surface area contributed by atoms with E-state index in [1.54, 1.807) is 10.8 Å². The van der Waals surface area contributed by atoms with Crippen LogP contribution in [-0.4, -0.2) is 24.2 Å². The van der Waals surface area contributed by atoms with E-state index in [0.29, 0.717) is 0 Å². The second-order valence-electron chi connectivity index (χ2n) is 4.07. The highest BCUT2D eigenvalue weighted by Crippen LogP contribution is 2.32. The minimum absolute atomic E-state index is 0.104. The van der Waals surface area contributed by atoms with Crippen molar-refractivity contribution < 1.29 is 8.42 Å². The molecule has 1 aliphatic carbocycles. The second kappa shape index (κ2) is 3.52. The van der Waals surface area contributed by atoms with E-state index in [4.69, 9.17) is 5.73 Å². The highest BCUT2D eigenvalue weighted by atomic mass is 32.2. The van der Waals surface area contributed by atoms with Crippen LogP contribution >= 0.6 is 0 Å². The number of nitrogen functional groups attached to an aromatic ring is 1. The molecule has 2 N–H and O–H groups in total. The number of sulfone groups is 1. The van der Waals surface area contributed by atoms with Crippen LogP contribution in [0, 0.1) is 0 Å². The molecular formula is C9H15N3O2S. The van der Waals surface area contributed by atoms with Crippen molar-refractivity contribution in [3.63, 3.8) is 0 Å². The zero-order valence-electron chi connectivity index (χ0n) is 8.68. The van der Waals surface area contributed by atoms with Gasteiger partial charge < -0.3 is 10.3 Å². The van der Waals surface area contributed by atoms with E-state index in [1.807, 2.05) is 0 Å². The first-order chi connectivity index (χ1) is 6.98. The monoisotopic (exact) mass is 229 g/mol. The van der Waals surface area contributed by atoms with Gasteiger partial charge in [-0.05, 0) is 12.8 Å². The Labute approximate surface area is 89.2 Å². The molecule has 15 heavy (non-hydrogen) atoms. The van der Waals surface area contributed by atoms with Gasteiger partial charge in [-0.2, -0.15) is 0 Å². The van der Waals surface area contributed by atoms with Gasteiger partial charge in [-0.15, -0.1) is 0 Å². The number of imidazole rings is 1. The Morgan fingerprint density at radius 3 is 2.60 bits per heavy atom. The summed E-state index contributed by atoms with van der Waals surface area (Å²) < 4.78 is 24.7. The molecule has 6 heteroatoms. The highest BCUT2D eigenvalue weighted by molar-refractivity contribution is 7.90. The first kappa shape index (κ1) is 10.5. The van der Waals surface area contributed by atoms with Crippen LogP contribution in [0.3, 0.4) is 0 Å². The average molecular weight is 229 g/mol. The van der Waals surface area contributed by atoms with Crippen LogP contribution in [0.25, 0.3) is 0 Å².